The standard InChI is InChI=1S/C14H14ClN3S/c1-2-12(15)13-8-18(17-16-13)7-10-9-19-14-6-4-3-5-11(10)14/h3-6,8-9,12H,2,7H2,1H3. The fourth-order valence-corrected chi connectivity index (χ4v) is 3.13. The zero-order valence-corrected chi connectivity index (χ0v) is 12.2. The fourth-order valence-electron chi connectivity index (χ4n) is 2.07. The van der Waals surface area contributed by atoms with Gasteiger partial charge in [0.1, 0.15) is 5.69 Å². The highest BCUT2D eigenvalue weighted by Crippen LogP contribution is 2.26. The lowest BCUT2D eigenvalue weighted by atomic mass is 10.2. The minimum atomic E-state index is -0.0482. The van der Waals surface area contributed by atoms with Crippen molar-refractivity contribution in [2.24, 2.45) is 0 Å². The second-order valence-electron chi connectivity index (χ2n) is 4.47. The molecule has 19 heavy (non-hydrogen) atoms. The highest BCUT2D eigenvalue weighted by molar-refractivity contribution is 7.17. The van der Waals surface area contributed by atoms with Crippen LogP contribution in [0, 0.1) is 0 Å². The van der Waals surface area contributed by atoms with Gasteiger partial charge in [-0.05, 0) is 28.8 Å². The molecule has 0 aliphatic rings. The van der Waals surface area contributed by atoms with Crippen LogP contribution in [-0.4, -0.2) is 15.0 Å². The van der Waals surface area contributed by atoms with Crippen LogP contribution in [0.4, 0.5) is 0 Å². The van der Waals surface area contributed by atoms with Crippen LogP contribution < -0.4 is 0 Å². The number of hydrogen-bond donors (Lipinski definition) is 0. The number of nitrogens with zero attached hydrogens (tertiary/aromatic N) is 3. The SMILES string of the molecule is CCC(Cl)c1cn(Cc2csc3ccccc23)nn1. The van der Waals surface area contributed by atoms with Crippen LogP contribution >= 0.6 is 22.9 Å². The number of aromatic nitrogens is 3. The summed E-state index contributed by atoms with van der Waals surface area (Å²) in [6.07, 6.45) is 2.80. The summed E-state index contributed by atoms with van der Waals surface area (Å²) in [5, 5.41) is 11.7. The van der Waals surface area contributed by atoms with Crippen LogP contribution in [0.5, 0.6) is 0 Å². The van der Waals surface area contributed by atoms with E-state index in [1.165, 1.54) is 15.6 Å². The maximum absolute atomic E-state index is 6.17. The normalized spacial score (nSPS) is 12.9. The van der Waals surface area contributed by atoms with Crippen LogP contribution in [0.15, 0.2) is 35.8 Å². The molecule has 0 spiro atoms. The number of hydrogen-bond acceptors (Lipinski definition) is 3. The molecule has 0 amide bonds. The van der Waals surface area contributed by atoms with Crippen LogP contribution in [0.2, 0.25) is 0 Å². The average molecular weight is 292 g/mol. The van der Waals surface area contributed by atoms with E-state index >= 15 is 0 Å². The van der Waals surface area contributed by atoms with E-state index in [1.54, 1.807) is 11.3 Å². The smallest absolute Gasteiger partial charge is 0.101 e. The predicted molar refractivity (Wildman–Crippen MR) is 79.8 cm³/mol. The molecule has 0 N–H and O–H groups in total. The van der Waals surface area contributed by atoms with Crippen molar-refractivity contribution in [3.05, 3.63) is 47.1 Å². The third-order valence-corrected chi connectivity index (χ3v) is 4.67. The molecule has 0 aliphatic heterocycles. The van der Waals surface area contributed by atoms with Gasteiger partial charge in [-0.3, -0.25) is 0 Å². The second-order valence-corrected chi connectivity index (χ2v) is 5.91. The molecule has 0 radical (unpaired) electrons. The first-order chi connectivity index (χ1) is 9.28. The Bertz CT molecular complexity index is 689. The molecular weight excluding hydrogens is 278 g/mol. The van der Waals surface area contributed by atoms with Gasteiger partial charge in [-0.2, -0.15) is 0 Å². The van der Waals surface area contributed by atoms with E-state index in [0.717, 1.165) is 18.7 Å². The first kappa shape index (κ1) is 12.6. The number of thiophene rings is 1. The van der Waals surface area contributed by atoms with E-state index < -0.39 is 0 Å². The van der Waals surface area contributed by atoms with Crippen LogP contribution in [0.1, 0.15) is 30.0 Å². The highest BCUT2D eigenvalue weighted by atomic mass is 35.5. The van der Waals surface area contributed by atoms with Gasteiger partial charge >= 0.3 is 0 Å². The van der Waals surface area contributed by atoms with Gasteiger partial charge in [0.15, 0.2) is 0 Å². The zero-order chi connectivity index (χ0) is 13.2. The maximum Gasteiger partial charge on any atom is 0.101 e. The molecule has 3 rings (SSSR count). The number of alkyl halides is 1. The maximum atomic E-state index is 6.17. The average Bonchev–Trinajstić information content (AvgIpc) is 3.06. The minimum absolute atomic E-state index is 0.0482. The molecule has 1 aromatic carbocycles. The first-order valence-corrected chi connectivity index (χ1v) is 7.58. The lowest BCUT2D eigenvalue weighted by Gasteiger charge is -2.00. The largest absolute Gasteiger partial charge is 0.248 e. The third-order valence-electron chi connectivity index (χ3n) is 3.13. The highest BCUT2D eigenvalue weighted by Gasteiger charge is 2.11. The van der Waals surface area contributed by atoms with Crippen molar-refractivity contribution < 1.29 is 0 Å². The molecule has 0 fully saturated rings. The summed E-state index contributed by atoms with van der Waals surface area (Å²) in [5.41, 5.74) is 2.13. The lowest BCUT2D eigenvalue weighted by Crippen LogP contribution is -1.99. The van der Waals surface area contributed by atoms with E-state index in [-0.39, 0.29) is 5.38 Å². The fraction of sp³-hybridized carbons (Fsp3) is 0.286. The number of fused-ring (bicyclic) bond motifs is 1. The molecule has 3 aromatic rings. The van der Waals surface area contributed by atoms with Crippen LogP contribution in [-0.2, 0) is 6.54 Å². The molecule has 0 bridgehead atoms. The molecule has 3 nitrogen and oxygen atoms in total. The van der Waals surface area contributed by atoms with Crippen LogP contribution in [0.25, 0.3) is 10.1 Å². The van der Waals surface area contributed by atoms with Gasteiger partial charge in [0.2, 0.25) is 0 Å². The molecule has 2 aromatic heterocycles. The van der Waals surface area contributed by atoms with Crippen molar-refractivity contribution in [3.8, 4) is 0 Å². The van der Waals surface area contributed by atoms with Gasteiger partial charge in [0.25, 0.3) is 0 Å². The van der Waals surface area contributed by atoms with Crippen molar-refractivity contribution in [2.75, 3.05) is 0 Å². The molecule has 98 valence electrons. The van der Waals surface area contributed by atoms with E-state index in [0.29, 0.717) is 0 Å². The van der Waals surface area contributed by atoms with Crippen molar-refractivity contribution in [2.45, 2.75) is 25.3 Å². The summed E-state index contributed by atoms with van der Waals surface area (Å²) in [5.74, 6) is 0. The van der Waals surface area contributed by atoms with Gasteiger partial charge in [0, 0.05) is 4.70 Å². The van der Waals surface area contributed by atoms with Crippen molar-refractivity contribution in [1.29, 1.82) is 0 Å². The summed E-state index contributed by atoms with van der Waals surface area (Å²) < 4.78 is 3.16. The van der Waals surface area contributed by atoms with E-state index in [2.05, 4.69) is 40.0 Å². The Morgan fingerprint density at radius 1 is 1.37 bits per heavy atom. The summed E-state index contributed by atoms with van der Waals surface area (Å²) in [6.45, 7) is 2.79. The molecule has 1 atom stereocenters. The summed E-state index contributed by atoms with van der Waals surface area (Å²) in [7, 11) is 0. The Hall–Kier alpha value is -1.39. The number of benzene rings is 1. The molecule has 0 aliphatic carbocycles. The zero-order valence-electron chi connectivity index (χ0n) is 10.6. The Labute approximate surface area is 120 Å². The van der Waals surface area contributed by atoms with Gasteiger partial charge in [-0.1, -0.05) is 30.3 Å². The van der Waals surface area contributed by atoms with E-state index in [4.69, 9.17) is 11.6 Å². The molecule has 5 heteroatoms. The Morgan fingerprint density at radius 3 is 3.05 bits per heavy atom. The molecular formula is C14H14ClN3S. The molecule has 1 unspecified atom stereocenters. The molecule has 2 heterocycles. The van der Waals surface area contributed by atoms with E-state index in [1.807, 2.05) is 17.8 Å². The first-order valence-electron chi connectivity index (χ1n) is 6.27. The summed E-state index contributed by atoms with van der Waals surface area (Å²) >= 11 is 7.93. The second kappa shape index (κ2) is 5.31. The van der Waals surface area contributed by atoms with Crippen molar-refractivity contribution >= 4 is 33.0 Å². The topological polar surface area (TPSA) is 30.7 Å². The summed E-state index contributed by atoms with van der Waals surface area (Å²) in [6, 6.07) is 8.42. The Kier molecular flexibility index (Phi) is 3.53. The van der Waals surface area contributed by atoms with Gasteiger partial charge in [-0.15, -0.1) is 28.0 Å². The monoisotopic (exact) mass is 291 g/mol. The van der Waals surface area contributed by atoms with Gasteiger partial charge < -0.3 is 0 Å². The quantitative estimate of drug-likeness (QED) is 0.674. The van der Waals surface area contributed by atoms with Gasteiger partial charge in [0.05, 0.1) is 18.1 Å². The lowest BCUT2D eigenvalue weighted by molar-refractivity contribution is 0.652. The summed E-state index contributed by atoms with van der Waals surface area (Å²) in [4.78, 5) is 0. The number of halogens is 1. The molecule has 0 saturated carbocycles. The third kappa shape index (κ3) is 2.51. The number of rotatable bonds is 4. The van der Waals surface area contributed by atoms with Crippen molar-refractivity contribution in [1.82, 2.24) is 15.0 Å². The van der Waals surface area contributed by atoms with Gasteiger partial charge in [-0.25, -0.2) is 4.68 Å². The van der Waals surface area contributed by atoms with E-state index in [9.17, 15) is 0 Å². The minimum Gasteiger partial charge on any atom is -0.248 e. The molecule has 0 saturated heterocycles. The Morgan fingerprint density at radius 2 is 2.21 bits per heavy atom. The predicted octanol–water partition coefficient (Wildman–Crippen LogP) is 4.23. The Balaban J connectivity index is 1.87. The van der Waals surface area contributed by atoms with Crippen LogP contribution in [0.3, 0.4) is 0 Å². The van der Waals surface area contributed by atoms with Crippen molar-refractivity contribution in [3.63, 3.8) is 0 Å².